The number of phenols is 1. The van der Waals surface area contributed by atoms with Gasteiger partial charge >= 0.3 is 0 Å². The van der Waals surface area contributed by atoms with Crippen LogP contribution in [0.3, 0.4) is 0 Å². The van der Waals surface area contributed by atoms with Crippen molar-refractivity contribution in [1.82, 2.24) is 9.80 Å². The number of imide groups is 1. The Morgan fingerprint density at radius 2 is 1.83 bits per heavy atom. The van der Waals surface area contributed by atoms with Crippen LogP contribution in [0.25, 0.3) is 6.08 Å². The smallest absolute Gasteiger partial charge is 0.234 e. The average Bonchev–Trinajstić information content (AvgIpc) is 3.52. The topological polar surface area (TPSA) is 70.1 Å². The van der Waals surface area contributed by atoms with E-state index in [0.29, 0.717) is 18.1 Å². The third-order valence-corrected chi connectivity index (χ3v) is 10.2. The fourth-order valence-corrected chi connectivity index (χ4v) is 7.94. The molecule has 0 radical (unpaired) electrons. The van der Waals surface area contributed by atoms with Gasteiger partial charge in [0.2, 0.25) is 11.8 Å². The van der Waals surface area contributed by atoms with Crippen LogP contribution < -0.4 is 0 Å². The van der Waals surface area contributed by atoms with Gasteiger partial charge in [-0.2, -0.15) is 0 Å². The molecule has 4 atom stereocenters. The maximum absolute atomic E-state index is 13.9. The molecule has 2 aromatic rings. The Morgan fingerprint density at radius 3 is 2.55 bits per heavy atom. The molecule has 6 nitrogen and oxygen atoms in total. The van der Waals surface area contributed by atoms with Gasteiger partial charge in [0, 0.05) is 31.6 Å². The molecule has 3 saturated heterocycles. The van der Waals surface area contributed by atoms with Gasteiger partial charge in [-0.25, -0.2) is 0 Å². The second-order valence-corrected chi connectivity index (χ2v) is 12.8. The Morgan fingerprint density at radius 1 is 1.07 bits per heavy atom. The van der Waals surface area contributed by atoms with Gasteiger partial charge in [0.05, 0.1) is 29.6 Å². The molecule has 0 aromatic heterocycles. The van der Waals surface area contributed by atoms with Crippen LogP contribution in [-0.2, 0) is 20.9 Å². The molecule has 0 bridgehead atoms. The number of fused-ring (bicyclic) bond motifs is 3. The van der Waals surface area contributed by atoms with E-state index in [1.807, 2.05) is 12.1 Å². The summed E-state index contributed by atoms with van der Waals surface area (Å²) in [4.78, 5) is 31.7. The van der Waals surface area contributed by atoms with Crippen LogP contribution in [0.1, 0.15) is 63.5 Å². The number of allylic oxidation sites excluding steroid dienone is 2. The van der Waals surface area contributed by atoms with Crippen molar-refractivity contribution >= 4 is 29.5 Å². The summed E-state index contributed by atoms with van der Waals surface area (Å²) in [6.07, 6.45) is 6.99. The predicted octanol–water partition coefficient (Wildman–Crippen LogP) is 6.62. The first kappa shape index (κ1) is 29.2. The number of amides is 2. The number of hydrogen-bond donors (Lipinski definition) is 1. The van der Waals surface area contributed by atoms with Crippen molar-refractivity contribution in [3.05, 3.63) is 81.4 Å². The summed E-state index contributed by atoms with van der Waals surface area (Å²) < 4.78 is 6.37. The van der Waals surface area contributed by atoms with Crippen LogP contribution >= 0.6 is 11.6 Å². The van der Waals surface area contributed by atoms with E-state index in [-0.39, 0.29) is 47.5 Å². The number of likely N-dealkylation sites (tertiary alicyclic amines) is 2. The highest BCUT2D eigenvalue weighted by Crippen LogP contribution is 2.50. The maximum Gasteiger partial charge on any atom is 0.234 e. The molecule has 0 saturated carbocycles. The lowest BCUT2D eigenvalue weighted by Crippen LogP contribution is -2.47. The van der Waals surface area contributed by atoms with Crippen molar-refractivity contribution < 1.29 is 19.4 Å². The van der Waals surface area contributed by atoms with Crippen molar-refractivity contribution in [3.8, 4) is 5.75 Å². The maximum atomic E-state index is 13.9. The standard InChI is InChI=1S/C35H41ClN2O4/c1-3-23(18-25-10-11-27(39)19-30(25)36)9-12-31-32-22(2)17-28-33(29(32)21-42-31)35(41)38(34(28)40)26-13-15-37(16-14-26)20-24-7-5-4-6-8-24/h4-8,10-11,18-19,26,28-29,31,33,39H,3,9,12-17,20-21H2,1-2H3/b23-18+/t28-,29+,31-,33-/m1/s1. The number of carbonyl (C=O) groups is 2. The van der Waals surface area contributed by atoms with Gasteiger partial charge < -0.3 is 9.84 Å². The minimum atomic E-state index is -0.291. The van der Waals surface area contributed by atoms with Crippen LogP contribution in [0.2, 0.25) is 5.02 Å². The molecule has 0 spiro atoms. The lowest BCUT2D eigenvalue weighted by atomic mass is 9.70. The molecule has 42 heavy (non-hydrogen) atoms. The second kappa shape index (κ2) is 12.4. The molecule has 3 heterocycles. The Kier molecular flexibility index (Phi) is 8.58. The number of carbonyl (C=O) groups excluding carboxylic acids is 2. The first-order chi connectivity index (χ1) is 20.3. The number of nitrogens with zero attached hydrogens (tertiary/aromatic N) is 2. The third-order valence-electron chi connectivity index (χ3n) is 9.88. The van der Waals surface area contributed by atoms with Crippen LogP contribution in [0.5, 0.6) is 5.75 Å². The summed E-state index contributed by atoms with van der Waals surface area (Å²) in [6.45, 7) is 7.48. The first-order valence-corrected chi connectivity index (χ1v) is 15.8. The Bertz CT molecular complexity index is 1390. The molecule has 7 heteroatoms. The lowest BCUT2D eigenvalue weighted by Gasteiger charge is -2.36. The van der Waals surface area contributed by atoms with E-state index < -0.39 is 0 Å². The van der Waals surface area contributed by atoms with Crippen molar-refractivity contribution in [1.29, 1.82) is 0 Å². The van der Waals surface area contributed by atoms with Crippen molar-refractivity contribution in [2.75, 3.05) is 19.7 Å². The van der Waals surface area contributed by atoms with Gasteiger partial charge in [-0.05, 0) is 80.3 Å². The van der Waals surface area contributed by atoms with E-state index in [2.05, 4.69) is 49.1 Å². The van der Waals surface area contributed by atoms with Gasteiger partial charge in [-0.1, -0.05) is 66.1 Å². The SMILES string of the molecule is CC/C(=C\c1ccc(O)cc1Cl)CC[C@H]1OC[C@H]2C1=C(C)C[C@H]1C(=O)N(C3CCN(Cc4ccccc4)CC3)C(=O)[C@H]12. The highest BCUT2D eigenvalue weighted by Gasteiger charge is 2.57. The molecular weight excluding hydrogens is 548 g/mol. The van der Waals surface area contributed by atoms with Gasteiger partial charge in [0.15, 0.2) is 0 Å². The molecule has 0 unspecified atom stereocenters. The fourth-order valence-electron chi connectivity index (χ4n) is 7.71. The monoisotopic (exact) mass is 588 g/mol. The number of benzene rings is 2. The highest BCUT2D eigenvalue weighted by atomic mass is 35.5. The van der Waals surface area contributed by atoms with Gasteiger partial charge in [0.1, 0.15) is 5.75 Å². The molecule has 3 aliphatic heterocycles. The number of rotatable bonds is 8. The summed E-state index contributed by atoms with van der Waals surface area (Å²) in [5, 5.41) is 10.2. The molecule has 3 fully saturated rings. The van der Waals surface area contributed by atoms with Crippen LogP contribution in [-0.4, -0.2) is 58.6 Å². The van der Waals surface area contributed by atoms with E-state index in [1.165, 1.54) is 22.3 Å². The molecule has 2 amide bonds. The largest absolute Gasteiger partial charge is 0.508 e. The van der Waals surface area contributed by atoms with E-state index in [9.17, 15) is 14.7 Å². The zero-order valence-corrected chi connectivity index (χ0v) is 25.4. The predicted molar refractivity (Wildman–Crippen MR) is 165 cm³/mol. The Hall–Kier alpha value is -2.93. The highest BCUT2D eigenvalue weighted by molar-refractivity contribution is 6.32. The average molecular weight is 589 g/mol. The van der Waals surface area contributed by atoms with Gasteiger partial charge in [0.25, 0.3) is 0 Å². The quantitative estimate of drug-likeness (QED) is 0.277. The zero-order valence-electron chi connectivity index (χ0n) is 24.6. The van der Waals surface area contributed by atoms with Crippen molar-refractivity contribution in [2.45, 2.75) is 71.1 Å². The van der Waals surface area contributed by atoms with E-state index in [1.54, 1.807) is 17.0 Å². The number of phenolic OH excluding ortho intramolecular Hbond substituents is 1. The second-order valence-electron chi connectivity index (χ2n) is 12.4. The third kappa shape index (κ3) is 5.69. The molecular formula is C35H41ClN2O4. The minimum Gasteiger partial charge on any atom is -0.508 e. The lowest BCUT2D eigenvalue weighted by molar-refractivity contribution is -0.144. The van der Waals surface area contributed by atoms with Gasteiger partial charge in [-0.3, -0.25) is 19.4 Å². The van der Waals surface area contributed by atoms with Gasteiger partial charge in [-0.15, -0.1) is 0 Å². The number of ether oxygens (including phenoxy) is 1. The molecule has 2 aromatic carbocycles. The number of aromatic hydroxyl groups is 1. The molecule has 222 valence electrons. The number of halogens is 1. The zero-order chi connectivity index (χ0) is 29.4. The summed E-state index contributed by atoms with van der Waals surface area (Å²) in [5.74, 6) is -0.323. The number of piperidine rings is 1. The van der Waals surface area contributed by atoms with E-state index in [0.717, 1.165) is 57.3 Å². The summed E-state index contributed by atoms with van der Waals surface area (Å²) >= 11 is 6.35. The van der Waals surface area contributed by atoms with E-state index >= 15 is 0 Å². The molecule has 1 aliphatic carbocycles. The Labute approximate surface area is 254 Å². The summed E-state index contributed by atoms with van der Waals surface area (Å²) in [7, 11) is 0. The van der Waals surface area contributed by atoms with Crippen LogP contribution in [0, 0.1) is 17.8 Å². The normalized spacial score (nSPS) is 27.1. The molecule has 4 aliphatic rings. The van der Waals surface area contributed by atoms with Crippen molar-refractivity contribution in [2.24, 2.45) is 17.8 Å². The van der Waals surface area contributed by atoms with E-state index in [4.69, 9.17) is 16.3 Å². The van der Waals surface area contributed by atoms with Crippen LogP contribution in [0.15, 0.2) is 65.3 Å². The summed E-state index contributed by atoms with van der Waals surface area (Å²) in [5.41, 5.74) is 5.95. The van der Waals surface area contributed by atoms with Crippen LogP contribution in [0.4, 0.5) is 0 Å². The number of hydrogen-bond acceptors (Lipinski definition) is 5. The molecule has 6 rings (SSSR count). The minimum absolute atomic E-state index is 0.00558. The first-order valence-electron chi connectivity index (χ1n) is 15.5. The fraction of sp³-hybridized carbons (Fsp3) is 0.486. The van der Waals surface area contributed by atoms with Crippen molar-refractivity contribution in [3.63, 3.8) is 0 Å². The summed E-state index contributed by atoms with van der Waals surface area (Å²) in [6, 6.07) is 15.5. The molecule has 1 N–H and O–H groups in total. The Balaban J connectivity index is 1.10.